The molecular weight excluding hydrogens is 292 g/mol. The fourth-order valence-electron chi connectivity index (χ4n) is 2.83. The maximum Gasteiger partial charge on any atom is 0.257 e. The molecule has 118 valence electrons. The molecule has 1 heterocycles. The number of hydrogen-bond acceptors (Lipinski definition) is 4. The van der Waals surface area contributed by atoms with Crippen LogP contribution >= 0.6 is 0 Å². The summed E-state index contributed by atoms with van der Waals surface area (Å²) in [6.07, 6.45) is 0.525. The van der Waals surface area contributed by atoms with Crippen LogP contribution in [0.1, 0.15) is 45.8 Å². The molecule has 23 heavy (non-hydrogen) atoms. The standard InChI is InChI=1S/C18H18N2O3/c1-2-11-20-16(12-7-9-13(10-8-12)18(22)23)19-15-6-4-3-5-14(15)17(20)21/h3-10,16,19H,2,11H2,1H3,(H,22,23)/p-1/t16-/m1/s1. The fraction of sp³-hybridized carbons (Fsp3) is 0.222. The average Bonchev–Trinajstić information content (AvgIpc) is 2.57. The first-order valence-corrected chi connectivity index (χ1v) is 7.59. The molecule has 0 saturated carbocycles. The highest BCUT2D eigenvalue weighted by atomic mass is 16.4. The smallest absolute Gasteiger partial charge is 0.257 e. The van der Waals surface area contributed by atoms with Gasteiger partial charge in [-0.05, 0) is 29.7 Å². The van der Waals surface area contributed by atoms with E-state index < -0.39 is 5.97 Å². The predicted molar refractivity (Wildman–Crippen MR) is 84.9 cm³/mol. The van der Waals surface area contributed by atoms with Crippen LogP contribution in [0.15, 0.2) is 48.5 Å². The molecule has 0 spiro atoms. The highest BCUT2D eigenvalue weighted by Gasteiger charge is 2.31. The Morgan fingerprint density at radius 3 is 2.52 bits per heavy atom. The Morgan fingerprint density at radius 1 is 1.17 bits per heavy atom. The predicted octanol–water partition coefficient (Wildman–Crippen LogP) is 2.03. The van der Waals surface area contributed by atoms with Crippen molar-refractivity contribution in [2.45, 2.75) is 19.5 Å². The summed E-state index contributed by atoms with van der Waals surface area (Å²) < 4.78 is 0. The number of benzene rings is 2. The minimum Gasteiger partial charge on any atom is -0.545 e. The zero-order chi connectivity index (χ0) is 16.4. The molecule has 0 aliphatic carbocycles. The molecular formula is C18H17N2O3-. The second-order valence-corrected chi connectivity index (χ2v) is 5.50. The van der Waals surface area contributed by atoms with Crippen molar-refractivity contribution in [2.75, 3.05) is 11.9 Å². The SMILES string of the molecule is CCCN1C(=O)c2ccccc2N[C@H]1c1ccc(C(=O)[O-])cc1. The molecule has 1 amide bonds. The Bertz CT molecular complexity index is 740. The van der Waals surface area contributed by atoms with Crippen molar-refractivity contribution in [1.29, 1.82) is 0 Å². The van der Waals surface area contributed by atoms with Crippen molar-refractivity contribution in [3.63, 3.8) is 0 Å². The van der Waals surface area contributed by atoms with Gasteiger partial charge in [-0.1, -0.05) is 43.3 Å². The zero-order valence-corrected chi connectivity index (χ0v) is 12.8. The molecule has 0 radical (unpaired) electrons. The number of nitrogens with one attached hydrogen (secondary N) is 1. The first kappa shape index (κ1) is 15.1. The molecule has 1 atom stereocenters. The van der Waals surface area contributed by atoms with E-state index in [1.807, 2.05) is 31.2 Å². The van der Waals surface area contributed by atoms with Gasteiger partial charge in [0.2, 0.25) is 0 Å². The molecule has 2 aromatic carbocycles. The van der Waals surface area contributed by atoms with Crippen LogP contribution < -0.4 is 10.4 Å². The summed E-state index contributed by atoms with van der Waals surface area (Å²) in [5.74, 6) is -1.23. The molecule has 5 nitrogen and oxygen atoms in total. The minimum atomic E-state index is -1.21. The molecule has 0 aromatic heterocycles. The summed E-state index contributed by atoms with van der Waals surface area (Å²) in [7, 11) is 0. The monoisotopic (exact) mass is 309 g/mol. The van der Waals surface area contributed by atoms with E-state index in [0.29, 0.717) is 12.1 Å². The highest BCUT2D eigenvalue weighted by Crippen LogP contribution is 2.33. The summed E-state index contributed by atoms with van der Waals surface area (Å²) in [4.78, 5) is 25.4. The number of rotatable bonds is 4. The van der Waals surface area contributed by atoms with E-state index in [4.69, 9.17) is 0 Å². The van der Waals surface area contributed by atoms with E-state index in [1.165, 1.54) is 12.1 Å². The molecule has 0 unspecified atom stereocenters. The Kier molecular flexibility index (Phi) is 4.02. The summed E-state index contributed by atoms with van der Waals surface area (Å²) in [5.41, 5.74) is 2.41. The van der Waals surface area contributed by atoms with Crippen molar-refractivity contribution < 1.29 is 14.7 Å². The molecule has 1 aliphatic heterocycles. The van der Waals surface area contributed by atoms with Crippen LogP contribution in [0.3, 0.4) is 0 Å². The van der Waals surface area contributed by atoms with Crippen LogP contribution in [-0.4, -0.2) is 23.3 Å². The normalized spacial score (nSPS) is 16.7. The maximum absolute atomic E-state index is 12.7. The lowest BCUT2D eigenvalue weighted by Crippen LogP contribution is -2.43. The molecule has 0 saturated heterocycles. The number of carboxylic acids is 1. The third kappa shape index (κ3) is 2.77. The van der Waals surface area contributed by atoms with E-state index in [1.54, 1.807) is 17.0 Å². The van der Waals surface area contributed by atoms with Gasteiger partial charge < -0.3 is 20.1 Å². The first-order valence-electron chi connectivity index (χ1n) is 7.59. The van der Waals surface area contributed by atoms with Gasteiger partial charge in [-0.15, -0.1) is 0 Å². The van der Waals surface area contributed by atoms with Crippen LogP contribution in [-0.2, 0) is 0 Å². The molecule has 1 N–H and O–H groups in total. The van der Waals surface area contributed by atoms with Crippen LogP contribution in [0.2, 0.25) is 0 Å². The molecule has 0 fully saturated rings. The number of amides is 1. The molecule has 2 aromatic rings. The van der Waals surface area contributed by atoms with E-state index in [-0.39, 0.29) is 17.6 Å². The Morgan fingerprint density at radius 2 is 1.87 bits per heavy atom. The lowest BCUT2D eigenvalue weighted by molar-refractivity contribution is -0.255. The Labute approximate surface area is 134 Å². The summed E-state index contributed by atoms with van der Waals surface area (Å²) >= 11 is 0. The van der Waals surface area contributed by atoms with Crippen LogP contribution in [0, 0.1) is 0 Å². The number of para-hydroxylation sites is 1. The van der Waals surface area contributed by atoms with Crippen molar-refractivity contribution >= 4 is 17.6 Å². The van der Waals surface area contributed by atoms with Gasteiger partial charge in [0.25, 0.3) is 5.91 Å². The van der Waals surface area contributed by atoms with Gasteiger partial charge in [-0.2, -0.15) is 0 Å². The number of anilines is 1. The third-order valence-corrected chi connectivity index (χ3v) is 3.95. The number of hydrogen-bond donors (Lipinski definition) is 1. The number of carboxylic acid groups (broad SMARTS) is 1. The lowest BCUT2D eigenvalue weighted by Gasteiger charge is -2.38. The highest BCUT2D eigenvalue weighted by molar-refractivity contribution is 6.01. The maximum atomic E-state index is 12.7. The number of aromatic carboxylic acids is 1. The largest absolute Gasteiger partial charge is 0.545 e. The van der Waals surface area contributed by atoms with Gasteiger partial charge in [0.1, 0.15) is 6.17 Å². The number of fused-ring (bicyclic) bond motifs is 1. The molecule has 3 rings (SSSR count). The second kappa shape index (κ2) is 6.12. The van der Waals surface area contributed by atoms with Crippen LogP contribution in [0.4, 0.5) is 5.69 Å². The fourth-order valence-corrected chi connectivity index (χ4v) is 2.83. The van der Waals surface area contributed by atoms with E-state index in [0.717, 1.165) is 17.7 Å². The van der Waals surface area contributed by atoms with Crippen LogP contribution in [0.5, 0.6) is 0 Å². The van der Waals surface area contributed by atoms with E-state index >= 15 is 0 Å². The van der Waals surface area contributed by atoms with Crippen molar-refractivity contribution in [3.05, 3.63) is 65.2 Å². The lowest BCUT2D eigenvalue weighted by atomic mass is 10.0. The Hall–Kier alpha value is -2.82. The van der Waals surface area contributed by atoms with Crippen molar-refractivity contribution in [2.24, 2.45) is 0 Å². The topological polar surface area (TPSA) is 72.5 Å². The molecule has 5 heteroatoms. The summed E-state index contributed by atoms with van der Waals surface area (Å²) in [6, 6.07) is 13.8. The molecule has 0 bridgehead atoms. The first-order chi connectivity index (χ1) is 11.1. The van der Waals surface area contributed by atoms with Gasteiger partial charge in [-0.3, -0.25) is 4.79 Å². The van der Waals surface area contributed by atoms with Gasteiger partial charge >= 0.3 is 0 Å². The number of carbonyl (C=O) groups is 2. The third-order valence-electron chi connectivity index (χ3n) is 3.95. The van der Waals surface area contributed by atoms with E-state index in [9.17, 15) is 14.7 Å². The quantitative estimate of drug-likeness (QED) is 0.938. The average molecular weight is 309 g/mol. The van der Waals surface area contributed by atoms with Gasteiger partial charge in [0.15, 0.2) is 0 Å². The summed E-state index contributed by atoms with van der Waals surface area (Å²) in [5, 5.41) is 14.2. The Balaban J connectivity index is 1.99. The van der Waals surface area contributed by atoms with Gasteiger partial charge in [0, 0.05) is 12.2 Å². The second-order valence-electron chi connectivity index (χ2n) is 5.50. The van der Waals surface area contributed by atoms with E-state index in [2.05, 4.69) is 5.32 Å². The van der Waals surface area contributed by atoms with Gasteiger partial charge in [0.05, 0.1) is 11.5 Å². The minimum absolute atomic E-state index is 0.0184. The van der Waals surface area contributed by atoms with Crippen molar-refractivity contribution in [3.8, 4) is 0 Å². The number of nitrogens with zero attached hydrogens (tertiary/aromatic N) is 1. The molecule has 1 aliphatic rings. The van der Waals surface area contributed by atoms with Crippen LogP contribution in [0.25, 0.3) is 0 Å². The zero-order valence-electron chi connectivity index (χ0n) is 12.8. The number of carbonyl (C=O) groups excluding carboxylic acids is 2. The van der Waals surface area contributed by atoms with Crippen molar-refractivity contribution in [1.82, 2.24) is 4.90 Å². The summed E-state index contributed by atoms with van der Waals surface area (Å²) in [6.45, 7) is 2.64. The van der Waals surface area contributed by atoms with Gasteiger partial charge in [-0.25, -0.2) is 0 Å².